The van der Waals surface area contributed by atoms with Gasteiger partial charge in [0.2, 0.25) is 21.8 Å². The molecule has 0 spiro atoms. The number of benzene rings is 1. The van der Waals surface area contributed by atoms with Gasteiger partial charge in [0, 0.05) is 18.8 Å². The summed E-state index contributed by atoms with van der Waals surface area (Å²) in [5.74, 6) is -0.963. The number of primary amides is 1. The van der Waals surface area contributed by atoms with Gasteiger partial charge < -0.3 is 11.1 Å². The first-order valence-electron chi connectivity index (χ1n) is 7.39. The van der Waals surface area contributed by atoms with E-state index in [1.165, 1.54) is 4.31 Å². The fourth-order valence-corrected chi connectivity index (χ4v) is 3.52. The van der Waals surface area contributed by atoms with Crippen molar-refractivity contribution in [3.8, 4) is 0 Å². The monoisotopic (exact) mass is 339 g/mol. The van der Waals surface area contributed by atoms with Gasteiger partial charge in [-0.1, -0.05) is 12.1 Å². The number of carbonyl (C=O) groups is 2. The summed E-state index contributed by atoms with van der Waals surface area (Å²) in [6, 6.07) is 6.86. The number of nitrogens with one attached hydrogen (secondary N) is 1. The van der Waals surface area contributed by atoms with Gasteiger partial charge in [-0.2, -0.15) is 0 Å². The molecule has 23 heavy (non-hydrogen) atoms. The van der Waals surface area contributed by atoms with Gasteiger partial charge in [0.25, 0.3) is 0 Å². The minimum atomic E-state index is -3.27. The van der Waals surface area contributed by atoms with Crippen molar-refractivity contribution in [2.24, 2.45) is 11.7 Å². The minimum absolute atomic E-state index is 0.153. The summed E-state index contributed by atoms with van der Waals surface area (Å²) in [4.78, 5) is 23.1. The SMILES string of the molecule is CS(=O)(=O)N1CCC[C@@H](C(=O)Nc2ccc(CC(N)=O)cc2)C1. The Bertz CT molecular complexity index is 685. The topological polar surface area (TPSA) is 110 Å². The second-order valence-corrected chi connectivity index (χ2v) is 7.77. The van der Waals surface area contributed by atoms with Gasteiger partial charge in [0.05, 0.1) is 18.6 Å². The highest BCUT2D eigenvalue weighted by atomic mass is 32.2. The molecule has 1 aliphatic rings. The molecule has 0 radical (unpaired) electrons. The number of hydrogen-bond donors (Lipinski definition) is 2. The number of amides is 2. The zero-order valence-corrected chi connectivity index (χ0v) is 13.8. The molecule has 2 rings (SSSR count). The van der Waals surface area contributed by atoms with Crippen LogP contribution in [0.4, 0.5) is 5.69 Å². The van der Waals surface area contributed by atoms with Crippen molar-refractivity contribution in [2.75, 3.05) is 24.7 Å². The number of hydrogen-bond acceptors (Lipinski definition) is 4. The Morgan fingerprint density at radius 2 is 1.96 bits per heavy atom. The molecule has 1 aliphatic heterocycles. The summed E-state index contributed by atoms with van der Waals surface area (Å²) >= 11 is 0. The van der Waals surface area contributed by atoms with E-state index in [4.69, 9.17) is 5.73 Å². The van der Waals surface area contributed by atoms with Crippen LogP contribution in [0, 0.1) is 5.92 Å². The summed E-state index contributed by atoms with van der Waals surface area (Å²) in [6.07, 6.45) is 2.64. The van der Waals surface area contributed by atoms with E-state index in [-0.39, 0.29) is 24.8 Å². The highest BCUT2D eigenvalue weighted by molar-refractivity contribution is 7.88. The summed E-state index contributed by atoms with van der Waals surface area (Å²) in [6.45, 7) is 0.675. The van der Waals surface area contributed by atoms with Gasteiger partial charge in [0.1, 0.15) is 0 Å². The molecule has 1 saturated heterocycles. The van der Waals surface area contributed by atoms with Crippen LogP contribution in [0.3, 0.4) is 0 Å². The number of nitrogens with zero attached hydrogens (tertiary/aromatic N) is 1. The van der Waals surface area contributed by atoms with Crippen molar-refractivity contribution >= 4 is 27.5 Å². The second-order valence-electron chi connectivity index (χ2n) is 5.79. The van der Waals surface area contributed by atoms with Gasteiger partial charge >= 0.3 is 0 Å². The number of sulfonamides is 1. The lowest BCUT2D eigenvalue weighted by Crippen LogP contribution is -2.43. The molecule has 2 amide bonds. The molecule has 0 unspecified atom stereocenters. The third kappa shape index (κ3) is 5.04. The smallest absolute Gasteiger partial charge is 0.228 e. The molecule has 1 aromatic carbocycles. The first-order valence-corrected chi connectivity index (χ1v) is 9.24. The van der Waals surface area contributed by atoms with Crippen molar-refractivity contribution in [1.29, 1.82) is 0 Å². The highest BCUT2D eigenvalue weighted by Gasteiger charge is 2.30. The maximum absolute atomic E-state index is 12.3. The molecular weight excluding hydrogens is 318 g/mol. The van der Waals surface area contributed by atoms with Crippen LogP contribution in [0.2, 0.25) is 0 Å². The molecule has 126 valence electrons. The standard InChI is InChI=1S/C15H21N3O4S/c1-23(21,22)18-8-2-3-12(10-18)15(20)17-13-6-4-11(5-7-13)9-14(16)19/h4-7,12H,2-3,8-10H2,1H3,(H2,16,19)(H,17,20)/t12-/m1/s1. The molecule has 1 heterocycles. The predicted octanol–water partition coefficient (Wildman–Crippen LogP) is 0.325. The van der Waals surface area contributed by atoms with Crippen LogP contribution < -0.4 is 11.1 Å². The van der Waals surface area contributed by atoms with Crippen LogP contribution in [0.15, 0.2) is 24.3 Å². The Kier molecular flexibility index (Phi) is 5.38. The number of carbonyl (C=O) groups excluding carboxylic acids is 2. The summed E-state index contributed by atoms with van der Waals surface area (Å²) in [7, 11) is -3.27. The van der Waals surface area contributed by atoms with Gasteiger partial charge in [-0.3, -0.25) is 9.59 Å². The number of piperidine rings is 1. The zero-order valence-electron chi connectivity index (χ0n) is 13.0. The maximum atomic E-state index is 12.3. The van der Waals surface area contributed by atoms with E-state index in [1.54, 1.807) is 24.3 Å². The number of anilines is 1. The fraction of sp³-hybridized carbons (Fsp3) is 0.467. The van der Waals surface area contributed by atoms with E-state index >= 15 is 0 Å². The first kappa shape index (κ1) is 17.4. The van der Waals surface area contributed by atoms with E-state index in [0.29, 0.717) is 25.1 Å². The Hall–Kier alpha value is -1.93. The van der Waals surface area contributed by atoms with Crippen molar-refractivity contribution in [2.45, 2.75) is 19.3 Å². The van der Waals surface area contributed by atoms with Crippen LogP contribution >= 0.6 is 0 Å². The molecule has 1 fully saturated rings. The highest BCUT2D eigenvalue weighted by Crippen LogP contribution is 2.20. The lowest BCUT2D eigenvalue weighted by atomic mass is 9.98. The van der Waals surface area contributed by atoms with Crippen LogP contribution in [0.1, 0.15) is 18.4 Å². The quantitative estimate of drug-likeness (QED) is 0.805. The second kappa shape index (κ2) is 7.10. The number of nitrogens with two attached hydrogens (primary N) is 1. The van der Waals surface area contributed by atoms with E-state index in [1.807, 2.05) is 0 Å². The Labute approximate surface area is 135 Å². The molecule has 0 aliphatic carbocycles. The lowest BCUT2D eigenvalue weighted by molar-refractivity contribution is -0.121. The average molecular weight is 339 g/mol. The molecule has 0 aromatic heterocycles. The molecule has 1 aromatic rings. The molecule has 3 N–H and O–H groups in total. The molecule has 7 nitrogen and oxygen atoms in total. The van der Waals surface area contributed by atoms with E-state index in [9.17, 15) is 18.0 Å². The van der Waals surface area contributed by atoms with Crippen LogP contribution in [-0.4, -0.2) is 43.9 Å². The Morgan fingerprint density at radius 3 is 2.52 bits per heavy atom. The van der Waals surface area contributed by atoms with Gasteiger partial charge in [-0.05, 0) is 30.5 Å². The third-order valence-electron chi connectivity index (χ3n) is 3.82. The Morgan fingerprint density at radius 1 is 1.30 bits per heavy atom. The predicted molar refractivity (Wildman–Crippen MR) is 87.1 cm³/mol. The molecule has 0 bridgehead atoms. The first-order chi connectivity index (χ1) is 10.8. The lowest BCUT2D eigenvalue weighted by Gasteiger charge is -2.30. The van der Waals surface area contributed by atoms with Crippen molar-refractivity contribution < 1.29 is 18.0 Å². The van der Waals surface area contributed by atoms with E-state index in [0.717, 1.165) is 11.8 Å². The maximum Gasteiger partial charge on any atom is 0.228 e. The van der Waals surface area contributed by atoms with Gasteiger partial charge in [0.15, 0.2) is 0 Å². The molecule has 8 heteroatoms. The summed E-state index contributed by atoms with van der Waals surface area (Å²) < 4.78 is 24.5. The van der Waals surface area contributed by atoms with E-state index in [2.05, 4.69) is 5.32 Å². The molecule has 0 saturated carbocycles. The summed E-state index contributed by atoms with van der Waals surface area (Å²) in [5.41, 5.74) is 6.51. The van der Waals surface area contributed by atoms with Crippen LogP contribution in [-0.2, 0) is 26.0 Å². The van der Waals surface area contributed by atoms with Crippen LogP contribution in [0.25, 0.3) is 0 Å². The van der Waals surface area contributed by atoms with Crippen molar-refractivity contribution in [3.63, 3.8) is 0 Å². The minimum Gasteiger partial charge on any atom is -0.369 e. The van der Waals surface area contributed by atoms with Crippen molar-refractivity contribution in [3.05, 3.63) is 29.8 Å². The van der Waals surface area contributed by atoms with E-state index < -0.39 is 15.9 Å². The number of rotatable bonds is 5. The van der Waals surface area contributed by atoms with Crippen molar-refractivity contribution in [1.82, 2.24) is 4.31 Å². The third-order valence-corrected chi connectivity index (χ3v) is 5.09. The molecular formula is C15H21N3O4S. The van der Waals surface area contributed by atoms with Gasteiger partial charge in [-0.25, -0.2) is 12.7 Å². The van der Waals surface area contributed by atoms with Crippen LogP contribution in [0.5, 0.6) is 0 Å². The zero-order chi connectivity index (χ0) is 17.0. The average Bonchev–Trinajstić information content (AvgIpc) is 2.48. The fourth-order valence-electron chi connectivity index (χ4n) is 2.61. The Balaban J connectivity index is 1.97. The molecule has 1 atom stereocenters. The largest absolute Gasteiger partial charge is 0.369 e. The summed E-state index contributed by atoms with van der Waals surface area (Å²) in [5, 5.41) is 2.79. The van der Waals surface area contributed by atoms with Gasteiger partial charge in [-0.15, -0.1) is 0 Å². The normalized spacial score (nSPS) is 19.3.